The van der Waals surface area contributed by atoms with Crippen LogP contribution >= 0.6 is 28.1 Å². The molecule has 0 unspecified atom stereocenters. The van der Waals surface area contributed by atoms with Crippen LogP contribution in [0.5, 0.6) is 0 Å². The molecule has 0 saturated heterocycles. The Morgan fingerprint density at radius 3 is 2.41 bits per heavy atom. The summed E-state index contributed by atoms with van der Waals surface area (Å²) < 4.78 is 1.00. The van der Waals surface area contributed by atoms with Crippen molar-refractivity contribution >= 4 is 44.7 Å². The maximum atomic E-state index is 12.8. The van der Waals surface area contributed by atoms with Crippen LogP contribution in [0.25, 0.3) is 5.70 Å². The van der Waals surface area contributed by atoms with Crippen LogP contribution in [0.3, 0.4) is 0 Å². The summed E-state index contributed by atoms with van der Waals surface area (Å²) in [5.74, 6) is 0.0565. The highest BCUT2D eigenvalue weighted by molar-refractivity contribution is 9.10. The van der Waals surface area contributed by atoms with E-state index in [9.17, 15) is 4.79 Å². The second kappa shape index (κ2) is 5.04. The van der Waals surface area contributed by atoms with Crippen molar-refractivity contribution in [3.8, 4) is 0 Å². The van der Waals surface area contributed by atoms with Crippen molar-refractivity contribution in [1.29, 1.82) is 0 Å². The summed E-state index contributed by atoms with van der Waals surface area (Å²) in [6, 6.07) is 15.3. The van der Waals surface area contributed by atoms with Crippen LogP contribution in [0, 0.1) is 0 Å². The molecule has 0 radical (unpaired) electrons. The molecule has 3 nitrogen and oxygen atoms in total. The molecule has 1 aliphatic heterocycles. The number of ketones is 1. The molecular formula is C17H11BrN2OS. The predicted molar refractivity (Wildman–Crippen MR) is 93.4 cm³/mol. The summed E-state index contributed by atoms with van der Waals surface area (Å²) in [7, 11) is 0. The number of hydrogen-bond donors (Lipinski definition) is 2. The first-order chi connectivity index (χ1) is 10.6. The lowest BCUT2D eigenvalue weighted by Crippen LogP contribution is -2.43. The van der Waals surface area contributed by atoms with Crippen molar-refractivity contribution in [2.24, 2.45) is 0 Å². The van der Waals surface area contributed by atoms with Gasteiger partial charge in [0, 0.05) is 15.6 Å². The molecule has 1 atom stereocenters. The van der Waals surface area contributed by atoms with Crippen molar-refractivity contribution in [1.82, 2.24) is 10.6 Å². The zero-order valence-electron chi connectivity index (χ0n) is 11.4. The van der Waals surface area contributed by atoms with Crippen molar-refractivity contribution < 1.29 is 4.79 Å². The third-order valence-electron chi connectivity index (χ3n) is 3.96. The molecule has 2 N–H and O–H groups in total. The first-order valence-electron chi connectivity index (χ1n) is 6.86. The van der Waals surface area contributed by atoms with E-state index in [0.29, 0.717) is 5.11 Å². The molecule has 0 aromatic heterocycles. The average Bonchev–Trinajstić information content (AvgIpc) is 2.81. The predicted octanol–water partition coefficient (Wildman–Crippen LogP) is 3.58. The number of fused-ring (bicyclic) bond motifs is 2. The number of hydrogen-bond acceptors (Lipinski definition) is 2. The van der Waals surface area contributed by atoms with Gasteiger partial charge in [-0.2, -0.15) is 0 Å². The van der Waals surface area contributed by atoms with Crippen LogP contribution < -0.4 is 10.6 Å². The van der Waals surface area contributed by atoms with Gasteiger partial charge < -0.3 is 10.6 Å². The summed E-state index contributed by atoms with van der Waals surface area (Å²) in [4.78, 5) is 12.8. The second-order valence-electron chi connectivity index (χ2n) is 5.25. The minimum Gasteiger partial charge on any atom is -0.351 e. The van der Waals surface area contributed by atoms with Gasteiger partial charge in [-0.05, 0) is 29.9 Å². The number of benzene rings is 2. The maximum absolute atomic E-state index is 12.8. The third kappa shape index (κ3) is 2.01. The molecule has 0 bridgehead atoms. The Labute approximate surface area is 141 Å². The van der Waals surface area contributed by atoms with Crippen LogP contribution in [0.2, 0.25) is 0 Å². The van der Waals surface area contributed by atoms with E-state index < -0.39 is 0 Å². The van der Waals surface area contributed by atoms with Gasteiger partial charge in [-0.15, -0.1) is 0 Å². The van der Waals surface area contributed by atoms with Gasteiger partial charge in [0.1, 0.15) is 0 Å². The standard InChI is InChI=1S/C17H11BrN2OS/c18-10-7-5-9(6-8-10)14-13-15(20-17(22)19-14)11-3-1-2-4-12(11)16(13)21/h1-8,14H,(H2,19,20,22)/t14-/m1/s1. The molecule has 1 heterocycles. The molecule has 2 aromatic carbocycles. The zero-order chi connectivity index (χ0) is 15.3. The fourth-order valence-electron chi connectivity index (χ4n) is 2.97. The molecule has 2 aliphatic rings. The van der Waals surface area contributed by atoms with Crippen LogP contribution in [0.15, 0.2) is 58.6 Å². The first-order valence-corrected chi connectivity index (χ1v) is 8.06. The number of thiocarbonyl (C=S) groups is 1. The van der Waals surface area contributed by atoms with E-state index in [-0.39, 0.29) is 11.8 Å². The Bertz CT molecular complexity index is 842. The molecule has 0 amide bonds. The Morgan fingerprint density at radius 2 is 1.68 bits per heavy atom. The largest absolute Gasteiger partial charge is 0.351 e. The minimum atomic E-state index is -0.225. The Hall–Kier alpha value is -1.98. The molecule has 108 valence electrons. The summed E-state index contributed by atoms with van der Waals surface area (Å²) in [6.07, 6.45) is 0. The number of Topliss-reactive ketones (excluding diaryl/α,β-unsaturated/α-hetero) is 1. The van der Waals surface area contributed by atoms with Gasteiger partial charge in [-0.3, -0.25) is 4.79 Å². The van der Waals surface area contributed by atoms with Gasteiger partial charge in [-0.1, -0.05) is 52.3 Å². The lowest BCUT2D eigenvalue weighted by Gasteiger charge is -2.28. The van der Waals surface area contributed by atoms with E-state index in [1.54, 1.807) is 0 Å². The lowest BCUT2D eigenvalue weighted by molar-refractivity contribution is 0.103. The van der Waals surface area contributed by atoms with E-state index in [2.05, 4.69) is 26.6 Å². The number of carbonyl (C=O) groups is 1. The number of halogens is 1. The molecule has 0 fully saturated rings. The van der Waals surface area contributed by atoms with Crippen molar-refractivity contribution in [3.63, 3.8) is 0 Å². The number of nitrogens with one attached hydrogen (secondary N) is 2. The van der Waals surface area contributed by atoms with Gasteiger partial charge in [0.05, 0.1) is 17.3 Å². The van der Waals surface area contributed by atoms with E-state index in [1.807, 2.05) is 48.5 Å². The Balaban J connectivity index is 1.88. The third-order valence-corrected chi connectivity index (χ3v) is 4.71. The SMILES string of the molecule is O=C1C2=C(NC(=S)N[C@@H]2c2ccc(Br)cc2)c2ccccc21. The minimum absolute atomic E-state index is 0.0565. The summed E-state index contributed by atoms with van der Waals surface area (Å²) in [5, 5.41) is 6.90. The normalized spacial score (nSPS) is 19.4. The van der Waals surface area contributed by atoms with Crippen LogP contribution in [0.1, 0.15) is 27.5 Å². The molecule has 5 heteroatoms. The van der Waals surface area contributed by atoms with E-state index in [4.69, 9.17) is 12.2 Å². The van der Waals surface area contributed by atoms with Crippen LogP contribution in [0.4, 0.5) is 0 Å². The molecule has 2 aromatic rings. The van der Waals surface area contributed by atoms with Crippen molar-refractivity contribution in [3.05, 3.63) is 75.3 Å². The fourth-order valence-corrected chi connectivity index (χ4v) is 3.46. The highest BCUT2D eigenvalue weighted by Gasteiger charge is 2.38. The molecule has 0 saturated carbocycles. The monoisotopic (exact) mass is 370 g/mol. The summed E-state index contributed by atoms with van der Waals surface area (Å²) in [6.45, 7) is 0. The van der Waals surface area contributed by atoms with Crippen molar-refractivity contribution in [2.75, 3.05) is 0 Å². The van der Waals surface area contributed by atoms with Gasteiger partial charge in [-0.25, -0.2) is 0 Å². The second-order valence-corrected chi connectivity index (χ2v) is 6.57. The maximum Gasteiger partial charge on any atom is 0.194 e. The topological polar surface area (TPSA) is 41.1 Å². The quantitative estimate of drug-likeness (QED) is 0.752. The van der Waals surface area contributed by atoms with Crippen LogP contribution in [-0.4, -0.2) is 10.9 Å². The zero-order valence-corrected chi connectivity index (χ0v) is 13.8. The fraction of sp³-hybridized carbons (Fsp3) is 0.0588. The summed E-state index contributed by atoms with van der Waals surface area (Å²) in [5.41, 5.74) is 4.23. The van der Waals surface area contributed by atoms with E-state index in [0.717, 1.165) is 32.4 Å². The highest BCUT2D eigenvalue weighted by Crippen LogP contribution is 2.39. The van der Waals surface area contributed by atoms with Gasteiger partial charge >= 0.3 is 0 Å². The van der Waals surface area contributed by atoms with Crippen molar-refractivity contribution in [2.45, 2.75) is 6.04 Å². The van der Waals surface area contributed by atoms with E-state index >= 15 is 0 Å². The summed E-state index contributed by atoms with van der Waals surface area (Å²) >= 11 is 8.76. The van der Waals surface area contributed by atoms with Crippen LogP contribution in [-0.2, 0) is 0 Å². The molecular weight excluding hydrogens is 360 g/mol. The molecule has 4 rings (SSSR count). The lowest BCUT2D eigenvalue weighted by atomic mass is 9.94. The Kier molecular flexibility index (Phi) is 3.13. The number of rotatable bonds is 1. The molecule has 0 spiro atoms. The van der Waals surface area contributed by atoms with Gasteiger partial charge in [0.25, 0.3) is 0 Å². The first kappa shape index (κ1) is 13.7. The molecule has 1 aliphatic carbocycles. The van der Waals surface area contributed by atoms with E-state index in [1.165, 1.54) is 0 Å². The number of carbonyl (C=O) groups excluding carboxylic acids is 1. The Morgan fingerprint density at radius 1 is 1.00 bits per heavy atom. The van der Waals surface area contributed by atoms with Gasteiger partial charge in [0.2, 0.25) is 0 Å². The average molecular weight is 371 g/mol. The smallest absolute Gasteiger partial charge is 0.194 e. The molecule has 22 heavy (non-hydrogen) atoms. The van der Waals surface area contributed by atoms with Gasteiger partial charge in [0.15, 0.2) is 10.9 Å². The highest BCUT2D eigenvalue weighted by atomic mass is 79.9.